The fourth-order valence-electron chi connectivity index (χ4n) is 3.16. The van der Waals surface area contributed by atoms with Gasteiger partial charge < -0.3 is 9.55 Å². The Hall–Kier alpha value is -2.34. The zero-order valence-corrected chi connectivity index (χ0v) is 14.4. The standard InChI is InChI=1S/C18H19N3O2S/c1-11-3-4-13(24(19,23)12-5-6-12)9-15(11)16-10-21(2)18(22)17-14(16)7-8-20-17/h3-4,7-10,12,19-20H,5-6H2,1-2H3. The second kappa shape index (κ2) is 5.08. The number of fused-ring (bicyclic) bond motifs is 1. The fourth-order valence-corrected chi connectivity index (χ4v) is 4.90. The van der Waals surface area contributed by atoms with E-state index in [4.69, 9.17) is 4.78 Å². The summed E-state index contributed by atoms with van der Waals surface area (Å²) in [5.74, 6) is 0. The van der Waals surface area contributed by atoms with Gasteiger partial charge in [0.05, 0.1) is 9.73 Å². The highest BCUT2D eigenvalue weighted by molar-refractivity contribution is 7.93. The van der Waals surface area contributed by atoms with Gasteiger partial charge in [0.15, 0.2) is 0 Å². The molecule has 1 unspecified atom stereocenters. The van der Waals surface area contributed by atoms with Crippen LogP contribution in [0.15, 0.2) is 46.3 Å². The number of aromatic nitrogens is 2. The summed E-state index contributed by atoms with van der Waals surface area (Å²) < 4.78 is 22.6. The van der Waals surface area contributed by atoms with Gasteiger partial charge in [-0.25, -0.2) is 8.99 Å². The number of nitrogens with zero attached hydrogens (tertiary/aromatic N) is 1. The summed E-state index contributed by atoms with van der Waals surface area (Å²) in [6.45, 7) is 1.99. The highest BCUT2D eigenvalue weighted by Crippen LogP contribution is 2.37. The van der Waals surface area contributed by atoms with E-state index in [0.29, 0.717) is 10.4 Å². The maximum absolute atomic E-state index is 12.8. The molecular weight excluding hydrogens is 322 g/mol. The molecule has 1 aromatic carbocycles. The van der Waals surface area contributed by atoms with Gasteiger partial charge in [-0.15, -0.1) is 0 Å². The Morgan fingerprint density at radius 2 is 2.00 bits per heavy atom. The summed E-state index contributed by atoms with van der Waals surface area (Å²) in [6, 6.07) is 7.49. The number of nitrogens with one attached hydrogen (secondary N) is 2. The number of aryl methyl sites for hydroxylation is 2. The Bertz CT molecular complexity index is 1120. The summed E-state index contributed by atoms with van der Waals surface area (Å²) in [4.78, 5) is 15.8. The molecule has 0 spiro atoms. The van der Waals surface area contributed by atoms with Crippen LogP contribution in [0.25, 0.3) is 22.0 Å². The second-order valence-electron chi connectivity index (χ2n) is 6.50. The SMILES string of the molecule is Cc1ccc(S(=N)(=O)C2CC2)cc1-c1cn(C)c(=O)c2[nH]ccc12. The average molecular weight is 341 g/mol. The van der Waals surface area contributed by atoms with Gasteiger partial charge in [-0.3, -0.25) is 4.79 Å². The lowest BCUT2D eigenvalue weighted by molar-refractivity contribution is 0.674. The predicted octanol–water partition coefficient (Wildman–Crippen LogP) is 3.41. The molecule has 0 radical (unpaired) electrons. The van der Waals surface area contributed by atoms with E-state index in [1.165, 1.54) is 0 Å². The molecule has 2 aromatic heterocycles. The van der Waals surface area contributed by atoms with Crippen molar-refractivity contribution in [3.05, 3.63) is 52.6 Å². The van der Waals surface area contributed by atoms with Crippen LogP contribution >= 0.6 is 0 Å². The highest BCUT2D eigenvalue weighted by Gasteiger charge is 2.34. The molecule has 6 heteroatoms. The number of pyridine rings is 1. The van der Waals surface area contributed by atoms with Gasteiger partial charge in [-0.1, -0.05) is 6.07 Å². The van der Waals surface area contributed by atoms with Crippen LogP contribution in [-0.2, 0) is 16.8 Å². The molecule has 4 rings (SSSR count). The molecule has 124 valence electrons. The molecule has 1 aliphatic carbocycles. The first kappa shape index (κ1) is 15.2. The van der Waals surface area contributed by atoms with Crippen LogP contribution in [0, 0.1) is 11.7 Å². The molecule has 0 aliphatic heterocycles. The number of H-pyrrole nitrogens is 1. The first-order valence-electron chi connectivity index (χ1n) is 7.95. The normalized spacial score (nSPS) is 17.1. The summed E-state index contributed by atoms with van der Waals surface area (Å²) in [6.07, 6.45) is 5.31. The van der Waals surface area contributed by atoms with Crippen LogP contribution in [0.3, 0.4) is 0 Å². The van der Waals surface area contributed by atoms with Crippen LogP contribution < -0.4 is 5.56 Å². The minimum atomic E-state index is -2.75. The molecule has 1 atom stereocenters. The number of rotatable bonds is 3. The van der Waals surface area contributed by atoms with E-state index in [2.05, 4.69) is 4.98 Å². The third-order valence-corrected chi connectivity index (χ3v) is 7.10. The van der Waals surface area contributed by atoms with Crippen molar-refractivity contribution in [1.29, 1.82) is 4.78 Å². The Balaban J connectivity index is 1.99. The number of aromatic amines is 1. The third-order valence-electron chi connectivity index (χ3n) is 4.74. The van der Waals surface area contributed by atoms with Gasteiger partial charge in [0, 0.05) is 40.5 Å². The lowest BCUT2D eigenvalue weighted by atomic mass is 9.99. The zero-order valence-electron chi connectivity index (χ0n) is 13.6. The van der Waals surface area contributed by atoms with Crippen molar-refractivity contribution in [1.82, 2.24) is 9.55 Å². The minimum Gasteiger partial charge on any atom is -0.357 e. The maximum Gasteiger partial charge on any atom is 0.274 e. The fraction of sp³-hybridized carbons (Fsp3) is 0.278. The van der Waals surface area contributed by atoms with Gasteiger partial charge in [-0.05, 0) is 49.1 Å². The number of hydrogen-bond acceptors (Lipinski definition) is 3. The van der Waals surface area contributed by atoms with E-state index >= 15 is 0 Å². The topological polar surface area (TPSA) is 78.7 Å². The molecule has 1 aliphatic rings. The Kier molecular flexibility index (Phi) is 3.22. The lowest BCUT2D eigenvalue weighted by Gasteiger charge is -2.13. The highest BCUT2D eigenvalue weighted by atomic mass is 32.2. The third kappa shape index (κ3) is 2.21. The molecule has 0 saturated heterocycles. The van der Waals surface area contributed by atoms with Gasteiger partial charge in [0.25, 0.3) is 5.56 Å². The first-order chi connectivity index (χ1) is 11.4. The van der Waals surface area contributed by atoms with E-state index in [0.717, 1.165) is 34.9 Å². The molecule has 24 heavy (non-hydrogen) atoms. The van der Waals surface area contributed by atoms with E-state index in [-0.39, 0.29) is 10.8 Å². The van der Waals surface area contributed by atoms with Crippen molar-refractivity contribution in [3.63, 3.8) is 0 Å². The predicted molar refractivity (Wildman–Crippen MR) is 95.9 cm³/mol. The maximum atomic E-state index is 12.8. The number of benzene rings is 1. The smallest absolute Gasteiger partial charge is 0.274 e. The monoisotopic (exact) mass is 341 g/mol. The van der Waals surface area contributed by atoms with Crippen LogP contribution in [0.2, 0.25) is 0 Å². The van der Waals surface area contributed by atoms with E-state index in [1.807, 2.05) is 37.4 Å². The minimum absolute atomic E-state index is 0.0135. The molecule has 2 N–H and O–H groups in total. The Morgan fingerprint density at radius 1 is 1.25 bits per heavy atom. The van der Waals surface area contributed by atoms with Crippen LogP contribution in [0.1, 0.15) is 18.4 Å². The molecule has 3 aromatic rings. The van der Waals surface area contributed by atoms with Crippen molar-refractivity contribution >= 4 is 20.6 Å². The summed E-state index contributed by atoms with van der Waals surface area (Å²) in [5, 5.41) is 0.835. The van der Waals surface area contributed by atoms with E-state index < -0.39 is 9.73 Å². The van der Waals surface area contributed by atoms with Crippen molar-refractivity contribution in [2.75, 3.05) is 0 Å². The molecule has 0 amide bonds. The molecule has 1 saturated carbocycles. The first-order valence-corrected chi connectivity index (χ1v) is 9.57. The molecule has 1 fully saturated rings. The van der Waals surface area contributed by atoms with Crippen molar-refractivity contribution in [2.45, 2.75) is 29.9 Å². The van der Waals surface area contributed by atoms with Crippen molar-refractivity contribution in [2.24, 2.45) is 7.05 Å². The lowest BCUT2D eigenvalue weighted by Crippen LogP contribution is -2.16. The summed E-state index contributed by atoms with van der Waals surface area (Å²) in [7, 11) is -1.02. The van der Waals surface area contributed by atoms with Crippen molar-refractivity contribution in [3.8, 4) is 11.1 Å². The number of hydrogen-bond donors (Lipinski definition) is 2. The van der Waals surface area contributed by atoms with E-state index in [9.17, 15) is 9.00 Å². The summed E-state index contributed by atoms with van der Waals surface area (Å²) >= 11 is 0. The molecule has 2 heterocycles. The summed E-state index contributed by atoms with van der Waals surface area (Å²) in [5.41, 5.74) is 3.36. The molecule has 0 bridgehead atoms. The van der Waals surface area contributed by atoms with Gasteiger partial charge in [-0.2, -0.15) is 0 Å². The molecular formula is C18H19N3O2S. The zero-order chi connectivity index (χ0) is 17.1. The van der Waals surface area contributed by atoms with Gasteiger partial charge in [0.1, 0.15) is 5.52 Å². The Labute approximate surface area is 140 Å². The average Bonchev–Trinajstić information content (AvgIpc) is 3.30. The Morgan fingerprint density at radius 3 is 2.71 bits per heavy atom. The largest absolute Gasteiger partial charge is 0.357 e. The van der Waals surface area contributed by atoms with Gasteiger partial charge in [0.2, 0.25) is 0 Å². The van der Waals surface area contributed by atoms with Gasteiger partial charge >= 0.3 is 0 Å². The quantitative estimate of drug-likeness (QED) is 0.766. The second-order valence-corrected chi connectivity index (χ2v) is 8.84. The molecule has 5 nitrogen and oxygen atoms in total. The van der Waals surface area contributed by atoms with E-state index in [1.54, 1.807) is 17.8 Å². The van der Waals surface area contributed by atoms with Crippen LogP contribution in [0.5, 0.6) is 0 Å². The van der Waals surface area contributed by atoms with Crippen LogP contribution in [-0.4, -0.2) is 19.0 Å². The van der Waals surface area contributed by atoms with Crippen molar-refractivity contribution < 1.29 is 4.21 Å². The van der Waals surface area contributed by atoms with Crippen LogP contribution in [0.4, 0.5) is 0 Å².